The third-order valence-corrected chi connectivity index (χ3v) is 6.09. The minimum absolute atomic E-state index is 0.0559. The summed E-state index contributed by atoms with van der Waals surface area (Å²) in [4.78, 5) is 13.6. The molecule has 8 heteroatoms. The molecule has 0 bridgehead atoms. The summed E-state index contributed by atoms with van der Waals surface area (Å²) in [5.41, 5.74) is 3.24. The summed E-state index contributed by atoms with van der Waals surface area (Å²) in [5, 5.41) is -0.272. The lowest BCUT2D eigenvalue weighted by atomic mass is 9.79. The molecule has 2 aliphatic heterocycles. The van der Waals surface area contributed by atoms with Crippen LogP contribution >= 0.6 is 27.7 Å². The molecule has 1 atom stereocenters. The van der Waals surface area contributed by atoms with Crippen molar-refractivity contribution in [1.82, 2.24) is 5.32 Å². The second-order valence-corrected chi connectivity index (χ2v) is 8.47. The number of nitrogens with one attached hydrogen (secondary N) is 1. The fourth-order valence-electron chi connectivity index (χ4n) is 3.72. The van der Waals surface area contributed by atoms with Gasteiger partial charge in [-0.15, -0.1) is 11.8 Å². The Morgan fingerprint density at radius 3 is 2.81 bits per heavy atom. The Kier molecular flexibility index (Phi) is 4.59. The highest BCUT2D eigenvalue weighted by molar-refractivity contribution is 9.09. The number of thioether (sulfide) groups is 1. The molecule has 1 aliphatic carbocycles. The van der Waals surface area contributed by atoms with Crippen LogP contribution < -0.4 is 10.1 Å². The molecule has 26 heavy (non-hydrogen) atoms. The van der Waals surface area contributed by atoms with Gasteiger partial charge in [-0.3, -0.25) is 4.79 Å². The molecule has 138 valence electrons. The molecule has 0 saturated heterocycles. The molecule has 0 radical (unpaired) electrons. The number of rotatable bonds is 3. The predicted molar refractivity (Wildman–Crippen MR) is 96.8 cm³/mol. The van der Waals surface area contributed by atoms with Crippen LogP contribution in [0.1, 0.15) is 37.2 Å². The average molecular weight is 446 g/mol. The highest BCUT2D eigenvalue weighted by Crippen LogP contribution is 2.50. The van der Waals surface area contributed by atoms with Crippen molar-refractivity contribution in [3.63, 3.8) is 0 Å². The van der Waals surface area contributed by atoms with Gasteiger partial charge >= 0.3 is 5.02 Å². The molecule has 0 amide bonds. The average Bonchev–Trinajstić information content (AvgIpc) is 3.02. The van der Waals surface area contributed by atoms with E-state index in [2.05, 4.69) is 26.0 Å². The first kappa shape index (κ1) is 18.0. The summed E-state index contributed by atoms with van der Waals surface area (Å²) in [5.74, 6) is -0.820. The summed E-state index contributed by atoms with van der Waals surface area (Å²) in [7, 11) is 0. The lowest BCUT2D eigenvalue weighted by Crippen LogP contribution is -2.30. The first-order chi connectivity index (χ1) is 12.3. The molecule has 0 fully saturated rings. The second-order valence-electron chi connectivity index (χ2n) is 6.41. The molecule has 0 aromatic heterocycles. The summed E-state index contributed by atoms with van der Waals surface area (Å²) >= 11 is 3.72. The molecule has 0 saturated carbocycles. The second kappa shape index (κ2) is 6.64. The highest BCUT2D eigenvalue weighted by atomic mass is 79.9. The lowest BCUT2D eigenvalue weighted by molar-refractivity contribution is -0.116. The zero-order chi connectivity index (χ0) is 18.5. The van der Waals surface area contributed by atoms with Gasteiger partial charge in [-0.2, -0.15) is 8.78 Å². The van der Waals surface area contributed by atoms with E-state index in [1.807, 2.05) is 0 Å². The number of ether oxygens (including phenoxy) is 1. The van der Waals surface area contributed by atoms with Crippen LogP contribution in [-0.4, -0.2) is 16.6 Å². The number of hydrogen-bond donors (Lipinski definition) is 1. The molecule has 1 unspecified atom stereocenters. The molecule has 3 aliphatic rings. The van der Waals surface area contributed by atoms with Crippen molar-refractivity contribution in [2.24, 2.45) is 0 Å². The van der Waals surface area contributed by atoms with Crippen LogP contribution in [0.3, 0.4) is 0 Å². The van der Waals surface area contributed by atoms with E-state index < -0.39 is 16.6 Å². The number of benzene rings is 1. The third kappa shape index (κ3) is 3.29. The van der Waals surface area contributed by atoms with Crippen molar-refractivity contribution in [1.29, 1.82) is 0 Å². The van der Waals surface area contributed by atoms with Gasteiger partial charge in [0.1, 0.15) is 0 Å². The van der Waals surface area contributed by atoms with Crippen molar-refractivity contribution >= 4 is 33.5 Å². The van der Waals surface area contributed by atoms with E-state index in [9.17, 15) is 18.0 Å². The number of allylic oxidation sites excluding steroid dienone is 4. The van der Waals surface area contributed by atoms with Gasteiger partial charge in [-0.25, -0.2) is 4.39 Å². The largest absolute Gasteiger partial charge is 0.459 e. The number of dihydropyridines is 1. The van der Waals surface area contributed by atoms with Crippen LogP contribution in [0.25, 0.3) is 0 Å². The summed E-state index contributed by atoms with van der Waals surface area (Å²) < 4.78 is 44.7. The van der Waals surface area contributed by atoms with Crippen LogP contribution in [0.4, 0.5) is 13.2 Å². The number of halogens is 4. The first-order valence-electron chi connectivity index (χ1n) is 8.28. The van der Waals surface area contributed by atoms with Crippen LogP contribution in [0, 0.1) is 5.82 Å². The third-order valence-electron chi connectivity index (χ3n) is 4.73. The SMILES string of the molecule is O=C1CCCC2=C1C(c1ccc(F)c(OC(F)(F)Br)c1)C1=C(CCS1)N2. The zero-order valence-electron chi connectivity index (χ0n) is 13.6. The lowest BCUT2D eigenvalue weighted by Gasteiger charge is -2.33. The van der Waals surface area contributed by atoms with Crippen molar-refractivity contribution < 1.29 is 22.7 Å². The molecular weight excluding hydrogens is 431 g/mol. The molecule has 3 nitrogen and oxygen atoms in total. The maximum atomic E-state index is 14.0. The van der Waals surface area contributed by atoms with E-state index in [1.165, 1.54) is 6.07 Å². The Balaban J connectivity index is 1.81. The molecule has 4 rings (SSSR count). The van der Waals surface area contributed by atoms with Gasteiger partial charge in [-0.05, 0) is 37.0 Å². The van der Waals surface area contributed by atoms with Crippen LogP contribution in [0.5, 0.6) is 5.75 Å². The summed E-state index contributed by atoms with van der Waals surface area (Å²) in [6.45, 7) is 0. The topological polar surface area (TPSA) is 38.3 Å². The smallest absolute Gasteiger partial charge is 0.421 e. The number of carbonyl (C=O) groups excluding carboxylic acids is 1. The Morgan fingerprint density at radius 1 is 1.23 bits per heavy atom. The van der Waals surface area contributed by atoms with Crippen LogP contribution in [-0.2, 0) is 4.79 Å². The highest BCUT2D eigenvalue weighted by Gasteiger charge is 2.39. The molecule has 0 spiro atoms. The Hall–Kier alpha value is -1.41. The minimum Gasteiger partial charge on any atom is -0.421 e. The normalized spacial score (nSPS) is 22.9. The number of Topliss-reactive ketones (excluding diaryl/α,β-unsaturated/α-hetero) is 1. The van der Waals surface area contributed by atoms with E-state index in [-0.39, 0.29) is 11.7 Å². The van der Waals surface area contributed by atoms with Gasteiger partial charge < -0.3 is 10.1 Å². The van der Waals surface area contributed by atoms with E-state index in [0.29, 0.717) is 17.6 Å². The number of ketones is 1. The van der Waals surface area contributed by atoms with E-state index >= 15 is 0 Å². The quantitative estimate of drug-likeness (QED) is 0.649. The van der Waals surface area contributed by atoms with Gasteiger partial charge in [0.2, 0.25) is 0 Å². The fourth-order valence-corrected chi connectivity index (χ4v) is 5.17. The fraction of sp³-hybridized carbons (Fsp3) is 0.389. The maximum absolute atomic E-state index is 14.0. The Morgan fingerprint density at radius 2 is 2.04 bits per heavy atom. The molecule has 1 N–H and O–H groups in total. The van der Waals surface area contributed by atoms with Gasteiger partial charge in [0.25, 0.3) is 0 Å². The van der Waals surface area contributed by atoms with E-state index in [1.54, 1.807) is 17.8 Å². The summed E-state index contributed by atoms with van der Waals surface area (Å²) in [6.07, 6.45) is 2.91. The predicted octanol–water partition coefficient (Wildman–Crippen LogP) is 5.19. The van der Waals surface area contributed by atoms with Gasteiger partial charge in [-0.1, -0.05) is 6.07 Å². The molecular formula is C18H15BrF3NO2S. The number of carbonyl (C=O) groups is 1. The monoisotopic (exact) mass is 445 g/mol. The number of hydrogen-bond acceptors (Lipinski definition) is 4. The van der Waals surface area contributed by atoms with Crippen molar-refractivity contribution in [3.05, 3.63) is 51.5 Å². The van der Waals surface area contributed by atoms with Gasteiger partial charge in [0, 0.05) is 55.9 Å². The van der Waals surface area contributed by atoms with E-state index in [4.69, 9.17) is 0 Å². The Labute approximate surface area is 161 Å². The van der Waals surface area contributed by atoms with Crippen molar-refractivity contribution in [2.75, 3.05) is 5.75 Å². The summed E-state index contributed by atoms with van der Waals surface area (Å²) in [6, 6.07) is 3.93. The van der Waals surface area contributed by atoms with Gasteiger partial charge in [0.15, 0.2) is 17.3 Å². The molecule has 1 aromatic carbocycles. The molecule has 1 aromatic rings. The maximum Gasteiger partial charge on any atom is 0.459 e. The van der Waals surface area contributed by atoms with Crippen LogP contribution in [0.15, 0.2) is 40.1 Å². The van der Waals surface area contributed by atoms with Gasteiger partial charge in [0.05, 0.1) is 0 Å². The minimum atomic E-state index is -3.67. The molecule has 2 heterocycles. The van der Waals surface area contributed by atoms with Crippen molar-refractivity contribution in [3.8, 4) is 5.75 Å². The van der Waals surface area contributed by atoms with Crippen molar-refractivity contribution in [2.45, 2.75) is 36.6 Å². The van der Waals surface area contributed by atoms with E-state index in [0.717, 1.165) is 47.4 Å². The number of alkyl halides is 3. The zero-order valence-corrected chi connectivity index (χ0v) is 16.0. The Bertz CT molecular complexity index is 847. The standard InChI is InChI=1S/C18H15BrF3NO2S/c19-18(21,22)25-14-8-9(4-5-10(14)20)15-16-11(2-1-3-13(16)24)23-12-6-7-26-17(12)15/h4-5,8,15,23H,1-3,6-7H2. The first-order valence-corrected chi connectivity index (χ1v) is 10.1. The van der Waals surface area contributed by atoms with Crippen LogP contribution in [0.2, 0.25) is 0 Å².